The van der Waals surface area contributed by atoms with E-state index in [1.54, 1.807) is 6.08 Å². The van der Waals surface area contributed by atoms with Crippen molar-refractivity contribution in [3.05, 3.63) is 70.1 Å². The second-order valence-corrected chi connectivity index (χ2v) is 8.77. The van der Waals surface area contributed by atoms with Gasteiger partial charge < -0.3 is 9.47 Å². The van der Waals surface area contributed by atoms with E-state index in [0.717, 1.165) is 23.3 Å². The van der Waals surface area contributed by atoms with E-state index >= 15 is 0 Å². The molecule has 0 aliphatic carbocycles. The van der Waals surface area contributed by atoms with Crippen LogP contribution < -0.4 is 4.74 Å². The maximum atomic E-state index is 12.7. The predicted octanol–water partition coefficient (Wildman–Crippen LogP) is 5.12. The van der Waals surface area contributed by atoms with Gasteiger partial charge in [-0.2, -0.15) is 0 Å². The molecule has 0 aromatic heterocycles. The van der Waals surface area contributed by atoms with Gasteiger partial charge in [0.05, 0.1) is 17.9 Å². The number of aryl methyl sites for hydroxylation is 1. The van der Waals surface area contributed by atoms with Crippen LogP contribution in [0.15, 0.2) is 53.4 Å². The Morgan fingerprint density at radius 3 is 2.77 bits per heavy atom. The number of benzene rings is 2. The number of thiocarbonyl (C=S) groups is 1. The minimum absolute atomic E-state index is 0.127. The molecule has 1 heterocycles. The third-order valence-corrected chi connectivity index (χ3v) is 6.07. The van der Waals surface area contributed by atoms with Crippen molar-refractivity contribution < 1.29 is 19.1 Å². The molecule has 0 N–H and O–H groups in total. The molecule has 2 aromatic rings. The molecule has 1 fully saturated rings. The molecule has 0 spiro atoms. The first-order chi connectivity index (χ1) is 15.0. The van der Waals surface area contributed by atoms with Gasteiger partial charge in [0, 0.05) is 6.54 Å². The van der Waals surface area contributed by atoms with Crippen molar-refractivity contribution in [3.63, 3.8) is 0 Å². The monoisotopic (exact) mass is 455 g/mol. The van der Waals surface area contributed by atoms with E-state index in [2.05, 4.69) is 13.0 Å². The molecule has 0 unspecified atom stereocenters. The molecular formula is C24H25NO4S2. The van der Waals surface area contributed by atoms with Gasteiger partial charge in [0.15, 0.2) is 0 Å². The van der Waals surface area contributed by atoms with Crippen LogP contribution in [0.1, 0.15) is 36.5 Å². The van der Waals surface area contributed by atoms with E-state index in [0.29, 0.717) is 22.4 Å². The summed E-state index contributed by atoms with van der Waals surface area (Å²) in [4.78, 5) is 26.5. The number of esters is 1. The van der Waals surface area contributed by atoms with Crippen LogP contribution in [0.25, 0.3) is 6.08 Å². The Morgan fingerprint density at radius 1 is 1.19 bits per heavy atom. The SMILES string of the molecule is CCCOC(=O)CCN1C(=O)/C(=C\c2cccc(OCc3ccccc3C)c2)SC1=S. The largest absolute Gasteiger partial charge is 0.489 e. The van der Waals surface area contributed by atoms with Gasteiger partial charge in [0.1, 0.15) is 16.7 Å². The smallest absolute Gasteiger partial charge is 0.307 e. The summed E-state index contributed by atoms with van der Waals surface area (Å²) in [6.07, 6.45) is 2.69. The van der Waals surface area contributed by atoms with Crippen molar-refractivity contribution in [1.29, 1.82) is 0 Å². The molecule has 2 aromatic carbocycles. The molecule has 1 aliphatic heterocycles. The average Bonchev–Trinajstić information content (AvgIpc) is 3.02. The number of amides is 1. The first-order valence-electron chi connectivity index (χ1n) is 10.2. The van der Waals surface area contributed by atoms with Crippen LogP contribution in [0.4, 0.5) is 0 Å². The molecule has 0 saturated carbocycles. The number of hydrogen-bond acceptors (Lipinski definition) is 6. The Morgan fingerprint density at radius 2 is 2.00 bits per heavy atom. The zero-order chi connectivity index (χ0) is 22.2. The third kappa shape index (κ3) is 6.42. The number of carbonyl (C=O) groups excluding carboxylic acids is 2. The summed E-state index contributed by atoms with van der Waals surface area (Å²) in [7, 11) is 0. The van der Waals surface area contributed by atoms with E-state index in [1.165, 1.54) is 22.2 Å². The van der Waals surface area contributed by atoms with Gasteiger partial charge in [-0.1, -0.05) is 67.3 Å². The number of hydrogen-bond donors (Lipinski definition) is 0. The van der Waals surface area contributed by atoms with Crippen LogP contribution in [-0.2, 0) is 20.9 Å². The van der Waals surface area contributed by atoms with Crippen molar-refractivity contribution in [2.45, 2.75) is 33.3 Å². The highest BCUT2D eigenvalue weighted by atomic mass is 32.2. The number of rotatable bonds is 9. The lowest BCUT2D eigenvalue weighted by atomic mass is 10.1. The summed E-state index contributed by atoms with van der Waals surface area (Å²) in [6.45, 7) is 5.08. The summed E-state index contributed by atoms with van der Waals surface area (Å²) in [5, 5.41) is 0. The van der Waals surface area contributed by atoms with Gasteiger partial charge in [-0.15, -0.1) is 0 Å². The second kappa shape index (κ2) is 11.1. The fourth-order valence-corrected chi connectivity index (χ4v) is 4.27. The first kappa shape index (κ1) is 23.0. The highest BCUT2D eigenvalue weighted by Crippen LogP contribution is 2.33. The Hall–Kier alpha value is -2.64. The highest BCUT2D eigenvalue weighted by Gasteiger charge is 2.32. The first-order valence-corrected chi connectivity index (χ1v) is 11.4. The van der Waals surface area contributed by atoms with Crippen molar-refractivity contribution in [2.24, 2.45) is 0 Å². The maximum absolute atomic E-state index is 12.7. The standard InChI is InChI=1S/C24H25NO4S2/c1-3-13-28-22(26)11-12-25-23(27)21(31-24(25)30)15-18-8-6-10-20(14-18)29-16-19-9-5-4-7-17(19)2/h4-10,14-15H,3,11-13,16H2,1-2H3/b21-15+. The lowest BCUT2D eigenvalue weighted by molar-refractivity contribution is -0.143. The number of nitrogens with zero attached hydrogens (tertiary/aromatic N) is 1. The summed E-state index contributed by atoms with van der Waals surface area (Å²) >= 11 is 6.57. The van der Waals surface area contributed by atoms with Gasteiger partial charge in [-0.05, 0) is 48.2 Å². The second-order valence-electron chi connectivity index (χ2n) is 7.09. The summed E-state index contributed by atoms with van der Waals surface area (Å²) < 4.78 is 11.4. The van der Waals surface area contributed by atoms with E-state index < -0.39 is 0 Å². The molecule has 3 rings (SSSR count). The molecular weight excluding hydrogens is 430 g/mol. The van der Waals surface area contributed by atoms with Crippen LogP contribution in [0.2, 0.25) is 0 Å². The minimum Gasteiger partial charge on any atom is -0.489 e. The highest BCUT2D eigenvalue weighted by molar-refractivity contribution is 8.26. The molecule has 162 valence electrons. The minimum atomic E-state index is -0.321. The van der Waals surface area contributed by atoms with Gasteiger partial charge in [0.2, 0.25) is 0 Å². The maximum Gasteiger partial charge on any atom is 0.307 e. The van der Waals surface area contributed by atoms with Gasteiger partial charge in [-0.3, -0.25) is 14.5 Å². The van der Waals surface area contributed by atoms with E-state index in [-0.39, 0.29) is 24.8 Å². The fourth-order valence-electron chi connectivity index (χ4n) is 2.96. The fraction of sp³-hybridized carbons (Fsp3) is 0.292. The third-order valence-electron chi connectivity index (χ3n) is 4.69. The normalized spacial score (nSPS) is 14.9. The van der Waals surface area contributed by atoms with E-state index in [4.69, 9.17) is 21.7 Å². The number of carbonyl (C=O) groups is 2. The summed E-state index contributed by atoms with van der Waals surface area (Å²) in [5.41, 5.74) is 3.16. The van der Waals surface area contributed by atoms with Crippen LogP contribution in [0, 0.1) is 6.92 Å². The van der Waals surface area contributed by atoms with Crippen molar-refractivity contribution >= 4 is 46.3 Å². The van der Waals surface area contributed by atoms with Crippen molar-refractivity contribution in [3.8, 4) is 5.75 Å². The van der Waals surface area contributed by atoms with E-state index in [1.807, 2.05) is 49.4 Å². The summed E-state index contributed by atoms with van der Waals surface area (Å²) in [5.74, 6) is 0.217. The predicted molar refractivity (Wildman–Crippen MR) is 128 cm³/mol. The molecule has 7 heteroatoms. The Kier molecular flexibility index (Phi) is 8.26. The zero-order valence-corrected chi connectivity index (χ0v) is 19.3. The Bertz CT molecular complexity index is 1000. The van der Waals surface area contributed by atoms with Gasteiger partial charge in [-0.25, -0.2) is 0 Å². The molecule has 5 nitrogen and oxygen atoms in total. The molecule has 31 heavy (non-hydrogen) atoms. The van der Waals surface area contributed by atoms with Crippen molar-refractivity contribution in [1.82, 2.24) is 4.90 Å². The average molecular weight is 456 g/mol. The van der Waals surface area contributed by atoms with Gasteiger partial charge in [0.25, 0.3) is 5.91 Å². The Labute approximate surface area is 192 Å². The van der Waals surface area contributed by atoms with E-state index in [9.17, 15) is 9.59 Å². The molecule has 1 saturated heterocycles. The lowest BCUT2D eigenvalue weighted by Crippen LogP contribution is -2.30. The molecule has 0 radical (unpaired) electrons. The molecule has 1 aliphatic rings. The Balaban J connectivity index is 1.63. The lowest BCUT2D eigenvalue weighted by Gasteiger charge is -2.13. The van der Waals surface area contributed by atoms with Crippen molar-refractivity contribution in [2.75, 3.05) is 13.2 Å². The quantitative estimate of drug-likeness (QED) is 0.297. The molecule has 1 amide bonds. The number of ether oxygens (including phenoxy) is 2. The molecule has 0 atom stereocenters. The summed E-state index contributed by atoms with van der Waals surface area (Å²) in [6, 6.07) is 15.7. The van der Waals surface area contributed by atoms with Crippen LogP contribution in [0.3, 0.4) is 0 Å². The zero-order valence-electron chi connectivity index (χ0n) is 17.6. The topological polar surface area (TPSA) is 55.8 Å². The van der Waals surface area contributed by atoms with Crippen LogP contribution in [-0.4, -0.2) is 34.2 Å². The molecule has 0 bridgehead atoms. The van der Waals surface area contributed by atoms with Gasteiger partial charge >= 0.3 is 5.97 Å². The van der Waals surface area contributed by atoms with Crippen LogP contribution >= 0.6 is 24.0 Å². The van der Waals surface area contributed by atoms with Crippen LogP contribution in [0.5, 0.6) is 5.75 Å². The number of thioether (sulfide) groups is 1.